The second-order valence-electron chi connectivity index (χ2n) is 6.35. The molecular formula is C17H15ClN2O3. The first-order valence-corrected chi connectivity index (χ1v) is 7.82. The normalized spacial score (nSPS) is 35.3. The van der Waals surface area contributed by atoms with E-state index in [0.717, 1.165) is 5.57 Å². The molecule has 0 radical (unpaired) electrons. The van der Waals surface area contributed by atoms with Gasteiger partial charge in [0.05, 0.1) is 17.6 Å². The topological polar surface area (TPSA) is 59.0 Å². The number of rotatable bonds is 1. The molecule has 2 fully saturated rings. The molecule has 0 aromatic heterocycles. The van der Waals surface area contributed by atoms with Gasteiger partial charge in [0.1, 0.15) is 5.60 Å². The van der Waals surface area contributed by atoms with Crippen LogP contribution in [0.3, 0.4) is 0 Å². The Bertz CT molecular complexity index is 771. The summed E-state index contributed by atoms with van der Waals surface area (Å²) in [6, 6.07) is 6.26. The highest BCUT2D eigenvalue weighted by Gasteiger charge is 2.63. The fourth-order valence-electron chi connectivity index (χ4n) is 3.68. The van der Waals surface area contributed by atoms with Crippen molar-refractivity contribution in [1.82, 2.24) is 0 Å². The monoisotopic (exact) mass is 330 g/mol. The molecule has 3 aliphatic heterocycles. The van der Waals surface area contributed by atoms with Crippen molar-refractivity contribution in [1.29, 1.82) is 0 Å². The first-order chi connectivity index (χ1) is 10.9. The zero-order valence-electron chi connectivity index (χ0n) is 12.7. The summed E-state index contributed by atoms with van der Waals surface area (Å²) in [5, 5.41) is 0.550. The minimum atomic E-state index is -0.785. The molecule has 4 atom stereocenters. The van der Waals surface area contributed by atoms with Crippen molar-refractivity contribution in [3.8, 4) is 0 Å². The number of aliphatic imine (C=N–C) groups is 1. The molecular weight excluding hydrogens is 316 g/mol. The van der Waals surface area contributed by atoms with E-state index in [4.69, 9.17) is 16.3 Å². The van der Waals surface area contributed by atoms with E-state index >= 15 is 0 Å². The number of allylic oxidation sites excluding steroid dienone is 1. The Labute approximate surface area is 138 Å². The summed E-state index contributed by atoms with van der Waals surface area (Å²) in [7, 11) is 0. The number of hydrogen-bond donors (Lipinski definition) is 0. The fraction of sp³-hybridized carbons (Fsp3) is 0.353. The van der Waals surface area contributed by atoms with Gasteiger partial charge in [-0.25, -0.2) is 4.90 Å². The molecule has 118 valence electrons. The summed E-state index contributed by atoms with van der Waals surface area (Å²) >= 11 is 5.87. The lowest BCUT2D eigenvalue weighted by Gasteiger charge is -2.30. The van der Waals surface area contributed by atoms with E-state index in [1.807, 2.05) is 19.9 Å². The molecule has 0 aliphatic carbocycles. The van der Waals surface area contributed by atoms with Gasteiger partial charge in [-0.1, -0.05) is 11.6 Å². The molecule has 0 unspecified atom stereocenters. The number of nitrogens with zero attached hydrogens (tertiary/aromatic N) is 2. The predicted octanol–water partition coefficient (Wildman–Crippen LogP) is 2.39. The largest absolute Gasteiger partial charge is 0.355 e. The summed E-state index contributed by atoms with van der Waals surface area (Å²) in [5.74, 6) is -1.18. The van der Waals surface area contributed by atoms with Crippen molar-refractivity contribution in [3.63, 3.8) is 0 Å². The lowest BCUT2D eigenvalue weighted by molar-refractivity contribution is -0.129. The summed E-state index contributed by atoms with van der Waals surface area (Å²) in [6.45, 7) is 3.80. The van der Waals surface area contributed by atoms with Crippen LogP contribution >= 0.6 is 11.6 Å². The van der Waals surface area contributed by atoms with E-state index in [2.05, 4.69) is 4.99 Å². The molecule has 23 heavy (non-hydrogen) atoms. The number of carbonyl (C=O) groups excluding carboxylic acids is 2. The van der Waals surface area contributed by atoms with E-state index in [1.54, 1.807) is 30.5 Å². The average Bonchev–Trinajstić information content (AvgIpc) is 2.92. The predicted molar refractivity (Wildman–Crippen MR) is 86.8 cm³/mol. The first-order valence-electron chi connectivity index (χ1n) is 7.44. The summed E-state index contributed by atoms with van der Waals surface area (Å²) in [5.41, 5.74) is 0.778. The van der Waals surface area contributed by atoms with Gasteiger partial charge >= 0.3 is 0 Å². The van der Waals surface area contributed by atoms with Crippen LogP contribution in [-0.2, 0) is 14.3 Å². The van der Waals surface area contributed by atoms with Crippen LogP contribution in [0.4, 0.5) is 5.69 Å². The van der Waals surface area contributed by atoms with Crippen LogP contribution < -0.4 is 4.90 Å². The molecule has 5 nitrogen and oxygen atoms in total. The summed E-state index contributed by atoms with van der Waals surface area (Å²) < 4.78 is 5.98. The van der Waals surface area contributed by atoms with E-state index < -0.39 is 17.6 Å². The minimum Gasteiger partial charge on any atom is -0.355 e. The Kier molecular flexibility index (Phi) is 3.02. The molecule has 2 amide bonds. The highest BCUT2D eigenvalue weighted by Crippen LogP contribution is 2.46. The molecule has 6 heteroatoms. The maximum absolute atomic E-state index is 12.9. The number of halogens is 1. The quantitative estimate of drug-likeness (QED) is 0.743. The number of anilines is 1. The number of dihydropyridines is 1. The molecule has 0 bridgehead atoms. The van der Waals surface area contributed by atoms with Crippen LogP contribution in [0, 0.1) is 5.92 Å². The Balaban J connectivity index is 1.72. The standard InChI is InChI=1S/C17H15ClN2O3/c1-9-7-17(2)14(19-8-9)12-13(23-17)16(22)20(15(12)21)11-5-3-10(18)4-6-11/h3-8,12-14H,1-2H3/t12-,13+,14-,17-/m0/s1. The summed E-state index contributed by atoms with van der Waals surface area (Å²) in [4.78, 5) is 31.2. The number of imide groups is 1. The van der Waals surface area contributed by atoms with Crippen LogP contribution in [0.1, 0.15) is 13.8 Å². The second-order valence-corrected chi connectivity index (χ2v) is 6.78. The number of ether oxygens (including phenoxy) is 1. The molecule has 1 aromatic rings. The van der Waals surface area contributed by atoms with Gasteiger partial charge in [0.15, 0.2) is 6.10 Å². The van der Waals surface area contributed by atoms with Gasteiger partial charge in [-0.3, -0.25) is 14.6 Å². The molecule has 0 spiro atoms. The van der Waals surface area contributed by atoms with Gasteiger partial charge in [0, 0.05) is 11.2 Å². The van der Waals surface area contributed by atoms with E-state index in [0.29, 0.717) is 10.7 Å². The zero-order chi connectivity index (χ0) is 16.4. The lowest BCUT2D eigenvalue weighted by atomic mass is 9.85. The number of fused-ring (bicyclic) bond motifs is 3. The van der Waals surface area contributed by atoms with Crippen LogP contribution in [-0.4, -0.2) is 35.8 Å². The molecule has 2 saturated heterocycles. The van der Waals surface area contributed by atoms with Crippen molar-refractivity contribution in [2.45, 2.75) is 31.6 Å². The molecule has 0 N–H and O–H groups in total. The van der Waals surface area contributed by atoms with Crippen molar-refractivity contribution < 1.29 is 14.3 Å². The van der Waals surface area contributed by atoms with Gasteiger partial charge in [-0.2, -0.15) is 0 Å². The van der Waals surface area contributed by atoms with Crippen molar-refractivity contribution >= 4 is 35.3 Å². The van der Waals surface area contributed by atoms with Gasteiger partial charge in [-0.15, -0.1) is 0 Å². The number of amides is 2. The SMILES string of the molecule is CC1=C[C@]2(C)O[C@H]3C(=O)N(c4ccc(Cl)cc4)C(=O)[C@@H]3[C@@H]2N=C1. The molecule has 1 aromatic carbocycles. The maximum Gasteiger partial charge on any atom is 0.263 e. The Hall–Kier alpha value is -1.98. The maximum atomic E-state index is 12.9. The van der Waals surface area contributed by atoms with Gasteiger partial charge in [0.25, 0.3) is 5.91 Å². The smallest absolute Gasteiger partial charge is 0.263 e. The van der Waals surface area contributed by atoms with E-state index in [-0.39, 0.29) is 17.9 Å². The van der Waals surface area contributed by atoms with Crippen molar-refractivity contribution in [2.75, 3.05) is 4.90 Å². The third-order valence-electron chi connectivity index (χ3n) is 4.64. The van der Waals surface area contributed by atoms with Gasteiger partial charge in [-0.05, 0) is 49.8 Å². The number of hydrogen-bond acceptors (Lipinski definition) is 4. The van der Waals surface area contributed by atoms with Crippen molar-refractivity contribution in [2.24, 2.45) is 10.9 Å². The molecule has 3 heterocycles. The third-order valence-corrected chi connectivity index (χ3v) is 4.89. The number of carbonyl (C=O) groups is 2. The van der Waals surface area contributed by atoms with Crippen molar-refractivity contribution in [3.05, 3.63) is 40.9 Å². The first kappa shape index (κ1) is 14.6. The Morgan fingerprint density at radius 2 is 1.91 bits per heavy atom. The Morgan fingerprint density at radius 1 is 1.22 bits per heavy atom. The highest BCUT2D eigenvalue weighted by molar-refractivity contribution is 6.31. The lowest BCUT2D eigenvalue weighted by Crippen LogP contribution is -2.43. The van der Waals surface area contributed by atoms with Crippen LogP contribution in [0.2, 0.25) is 5.02 Å². The third kappa shape index (κ3) is 2.00. The van der Waals surface area contributed by atoms with Gasteiger partial charge < -0.3 is 4.74 Å². The average molecular weight is 331 g/mol. The fourth-order valence-corrected chi connectivity index (χ4v) is 3.81. The molecule has 4 rings (SSSR count). The molecule has 0 saturated carbocycles. The Morgan fingerprint density at radius 3 is 2.61 bits per heavy atom. The van der Waals surface area contributed by atoms with Crippen LogP contribution in [0.25, 0.3) is 0 Å². The minimum absolute atomic E-state index is 0.263. The van der Waals surface area contributed by atoms with Gasteiger partial charge in [0.2, 0.25) is 5.91 Å². The van der Waals surface area contributed by atoms with E-state index in [9.17, 15) is 9.59 Å². The van der Waals surface area contributed by atoms with E-state index in [1.165, 1.54) is 4.90 Å². The van der Waals surface area contributed by atoms with Crippen LogP contribution in [0.5, 0.6) is 0 Å². The zero-order valence-corrected chi connectivity index (χ0v) is 13.4. The highest BCUT2D eigenvalue weighted by atomic mass is 35.5. The number of benzene rings is 1. The van der Waals surface area contributed by atoms with Crippen LogP contribution in [0.15, 0.2) is 40.9 Å². The summed E-state index contributed by atoms with van der Waals surface area (Å²) in [6.07, 6.45) is 2.89. The second kappa shape index (κ2) is 4.76. The molecule has 3 aliphatic rings.